The third kappa shape index (κ3) is 6.56. The number of benzene rings is 1. The Balaban J connectivity index is 0.00000272. The smallest absolute Gasteiger partial charge is 0.191 e. The van der Waals surface area contributed by atoms with E-state index >= 15 is 0 Å². The second kappa shape index (κ2) is 11.9. The van der Waals surface area contributed by atoms with Crippen LogP contribution in [0.2, 0.25) is 0 Å². The number of guanidine groups is 1. The van der Waals surface area contributed by atoms with Crippen molar-refractivity contribution < 1.29 is 4.74 Å². The van der Waals surface area contributed by atoms with E-state index in [1.54, 1.807) is 0 Å². The van der Waals surface area contributed by atoms with Gasteiger partial charge in [0.05, 0.1) is 6.10 Å². The molecule has 1 saturated carbocycles. The van der Waals surface area contributed by atoms with Gasteiger partial charge in [-0.05, 0) is 68.9 Å². The minimum Gasteiger partial charge on any atom is -0.490 e. The van der Waals surface area contributed by atoms with Gasteiger partial charge in [-0.3, -0.25) is 4.40 Å². The summed E-state index contributed by atoms with van der Waals surface area (Å²) < 4.78 is 8.01. The van der Waals surface area contributed by atoms with Crippen LogP contribution in [0.15, 0.2) is 53.7 Å². The highest BCUT2D eigenvalue weighted by molar-refractivity contribution is 14.0. The SMILES string of the molecule is CCNC(=NCc1nnc2ccccn12)NCCc1ccc(OC2CCCC2)cc1.I. The molecule has 2 aromatic heterocycles. The quantitative estimate of drug-likeness (QED) is 0.260. The fraction of sp³-hybridized carbons (Fsp3) is 0.435. The van der Waals surface area contributed by atoms with Crippen molar-refractivity contribution >= 4 is 35.6 Å². The van der Waals surface area contributed by atoms with E-state index in [0.717, 1.165) is 42.7 Å². The van der Waals surface area contributed by atoms with Gasteiger partial charge in [0.25, 0.3) is 0 Å². The maximum absolute atomic E-state index is 6.05. The molecule has 0 aliphatic heterocycles. The summed E-state index contributed by atoms with van der Waals surface area (Å²) in [5.41, 5.74) is 2.11. The summed E-state index contributed by atoms with van der Waals surface area (Å²) >= 11 is 0. The molecule has 7 nitrogen and oxygen atoms in total. The van der Waals surface area contributed by atoms with Crippen molar-refractivity contribution in [1.82, 2.24) is 25.2 Å². The standard InChI is InChI=1S/C23H30N6O.HI/c1-2-24-23(26-17-22-28-27-21-9-5-6-16-29(21)22)25-15-14-18-10-12-20(13-11-18)30-19-7-3-4-8-19;/h5-6,9-13,16,19H,2-4,7-8,14-15,17H2,1H3,(H2,24,25,26);1H. The number of nitrogens with one attached hydrogen (secondary N) is 2. The Labute approximate surface area is 200 Å². The number of fused-ring (bicyclic) bond motifs is 1. The second-order valence-electron chi connectivity index (χ2n) is 7.59. The number of pyridine rings is 1. The molecule has 3 aromatic rings. The molecule has 2 N–H and O–H groups in total. The summed E-state index contributed by atoms with van der Waals surface area (Å²) in [6, 6.07) is 14.3. The van der Waals surface area contributed by atoms with Crippen molar-refractivity contribution in [2.24, 2.45) is 4.99 Å². The van der Waals surface area contributed by atoms with E-state index in [1.165, 1.54) is 31.2 Å². The topological polar surface area (TPSA) is 75.8 Å². The maximum atomic E-state index is 6.05. The molecule has 31 heavy (non-hydrogen) atoms. The summed E-state index contributed by atoms with van der Waals surface area (Å²) in [7, 11) is 0. The molecule has 0 spiro atoms. The Morgan fingerprint density at radius 1 is 1.10 bits per heavy atom. The van der Waals surface area contributed by atoms with E-state index in [2.05, 4.69) is 57.0 Å². The minimum atomic E-state index is 0. The average Bonchev–Trinajstić information content (AvgIpc) is 3.43. The Hall–Kier alpha value is -2.36. The molecule has 0 radical (unpaired) electrons. The van der Waals surface area contributed by atoms with E-state index in [1.807, 2.05) is 28.8 Å². The molecular formula is C23H31IN6O. The van der Waals surface area contributed by atoms with Gasteiger partial charge in [0.1, 0.15) is 12.3 Å². The molecule has 0 unspecified atom stereocenters. The van der Waals surface area contributed by atoms with Gasteiger partial charge in [-0.2, -0.15) is 0 Å². The normalized spacial score (nSPS) is 14.4. The number of hydrogen-bond acceptors (Lipinski definition) is 4. The number of hydrogen-bond donors (Lipinski definition) is 2. The Kier molecular flexibility index (Phi) is 8.93. The zero-order valence-corrected chi connectivity index (χ0v) is 20.3. The lowest BCUT2D eigenvalue weighted by atomic mass is 10.1. The molecule has 1 fully saturated rings. The molecule has 0 bridgehead atoms. The first-order valence-corrected chi connectivity index (χ1v) is 10.9. The molecule has 0 amide bonds. The lowest BCUT2D eigenvalue weighted by molar-refractivity contribution is 0.210. The van der Waals surface area contributed by atoms with Gasteiger partial charge in [0.15, 0.2) is 17.4 Å². The van der Waals surface area contributed by atoms with Crippen molar-refractivity contribution in [2.45, 2.75) is 51.7 Å². The van der Waals surface area contributed by atoms with Crippen molar-refractivity contribution in [3.8, 4) is 5.75 Å². The molecule has 1 aliphatic carbocycles. The third-order valence-corrected chi connectivity index (χ3v) is 5.34. The van der Waals surface area contributed by atoms with Crippen LogP contribution in [0.3, 0.4) is 0 Å². The molecule has 8 heteroatoms. The van der Waals surface area contributed by atoms with Gasteiger partial charge in [-0.15, -0.1) is 34.2 Å². The monoisotopic (exact) mass is 534 g/mol. The van der Waals surface area contributed by atoms with Gasteiger partial charge in [0.2, 0.25) is 0 Å². The number of aliphatic imine (C=N–C) groups is 1. The third-order valence-electron chi connectivity index (χ3n) is 5.34. The van der Waals surface area contributed by atoms with Crippen molar-refractivity contribution in [3.63, 3.8) is 0 Å². The van der Waals surface area contributed by atoms with E-state index in [4.69, 9.17) is 4.74 Å². The Morgan fingerprint density at radius 3 is 2.68 bits per heavy atom. The summed E-state index contributed by atoms with van der Waals surface area (Å²) in [6.07, 6.45) is 8.22. The van der Waals surface area contributed by atoms with Crippen LogP contribution >= 0.6 is 24.0 Å². The van der Waals surface area contributed by atoms with Crippen molar-refractivity contribution in [2.75, 3.05) is 13.1 Å². The molecule has 1 aliphatic rings. The predicted molar refractivity (Wildman–Crippen MR) is 134 cm³/mol. The Bertz CT molecular complexity index is 966. The highest BCUT2D eigenvalue weighted by Gasteiger charge is 2.16. The Morgan fingerprint density at radius 2 is 1.90 bits per heavy atom. The molecule has 1 aromatic carbocycles. The summed E-state index contributed by atoms with van der Waals surface area (Å²) in [5.74, 6) is 2.58. The van der Waals surface area contributed by atoms with E-state index in [-0.39, 0.29) is 24.0 Å². The van der Waals surface area contributed by atoms with Crippen molar-refractivity contribution in [1.29, 1.82) is 0 Å². The van der Waals surface area contributed by atoms with Crippen LogP contribution in [0.4, 0.5) is 0 Å². The first kappa shape index (κ1) is 23.3. The van der Waals surface area contributed by atoms with Crippen LogP contribution in [-0.4, -0.2) is 39.8 Å². The van der Waals surface area contributed by atoms with Crippen LogP contribution in [-0.2, 0) is 13.0 Å². The fourth-order valence-electron chi connectivity index (χ4n) is 3.75. The van der Waals surface area contributed by atoms with Gasteiger partial charge in [-0.1, -0.05) is 18.2 Å². The van der Waals surface area contributed by atoms with E-state index in [9.17, 15) is 0 Å². The first-order valence-electron chi connectivity index (χ1n) is 10.9. The van der Waals surface area contributed by atoms with E-state index < -0.39 is 0 Å². The first-order chi connectivity index (χ1) is 14.8. The lowest BCUT2D eigenvalue weighted by Crippen LogP contribution is -2.38. The summed E-state index contributed by atoms with van der Waals surface area (Å²) in [4.78, 5) is 4.66. The van der Waals surface area contributed by atoms with Crippen LogP contribution in [0.1, 0.15) is 44.0 Å². The van der Waals surface area contributed by atoms with Crippen LogP contribution in [0, 0.1) is 0 Å². The zero-order chi connectivity index (χ0) is 20.6. The maximum Gasteiger partial charge on any atom is 0.191 e. The predicted octanol–water partition coefficient (Wildman–Crippen LogP) is 3.97. The highest BCUT2D eigenvalue weighted by Crippen LogP contribution is 2.24. The van der Waals surface area contributed by atoms with Crippen LogP contribution < -0.4 is 15.4 Å². The van der Waals surface area contributed by atoms with E-state index in [0.29, 0.717) is 12.6 Å². The minimum absolute atomic E-state index is 0. The largest absolute Gasteiger partial charge is 0.490 e. The number of aromatic nitrogens is 3. The highest BCUT2D eigenvalue weighted by atomic mass is 127. The van der Waals surface area contributed by atoms with Crippen LogP contribution in [0.25, 0.3) is 5.65 Å². The molecular weight excluding hydrogens is 503 g/mol. The molecule has 0 atom stereocenters. The number of ether oxygens (including phenoxy) is 1. The number of rotatable bonds is 8. The van der Waals surface area contributed by atoms with Crippen molar-refractivity contribution in [3.05, 3.63) is 60.0 Å². The molecule has 166 valence electrons. The molecule has 2 heterocycles. The average molecular weight is 534 g/mol. The summed E-state index contributed by atoms with van der Waals surface area (Å²) in [5, 5.41) is 15.1. The van der Waals surface area contributed by atoms with Crippen LogP contribution in [0.5, 0.6) is 5.75 Å². The second-order valence-corrected chi connectivity index (χ2v) is 7.59. The zero-order valence-electron chi connectivity index (χ0n) is 18.0. The fourth-order valence-corrected chi connectivity index (χ4v) is 3.75. The molecule has 4 rings (SSSR count). The summed E-state index contributed by atoms with van der Waals surface area (Å²) in [6.45, 7) is 4.13. The van der Waals surface area contributed by atoms with Gasteiger partial charge < -0.3 is 15.4 Å². The van der Waals surface area contributed by atoms with Gasteiger partial charge >= 0.3 is 0 Å². The number of halogens is 1. The number of nitrogens with zero attached hydrogens (tertiary/aromatic N) is 4. The lowest BCUT2D eigenvalue weighted by Gasteiger charge is -2.14. The van der Waals surface area contributed by atoms with Gasteiger partial charge in [-0.25, -0.2) is 4.99 Å². The van der Waals surface area contributed by atoms with Gasteiger partial charge in [0, 0.05) is 19.3 Å². The molecule has 0 saturated heterocycles.